The number of hydrogen-bond acceptors (Lipinski definition) is 3. The van der Waals surface area contributed by atoms with Gasteiger partial charge in [0.1, 0.15) is 0 Å². The van der Waals surface area contributed by atoms with Crippen molar-refractivity contribution in [3.8, 4) is 11.1 Å². The van der Waals surface area contributed by atoms with Crippen molar-refractivity contribution in [2.45, 2.75) is 69.6 Å². The quantitative estimate of drug-likeness (QED) is 0.0636. The third kappa shape index (κ3) is 7.33. The summed E-state index contributed by atoms with van der Waals surface area (Å²) in [4.78, 5) is 40.5. The molecule has 1 fully saturated rings. The minimum absolute atomic E-state index is 0.0979. The molecule has 3 aromatic rings. The molecule has 2 amide bonds. The number of hydrogen-bond donors (Lipinski definition) is 2. The first-order chi connectivity index (χ1) is 23.4. The molecule has 5 nitrogen and oxygen atoms in total. The van der Waals surface area contributed by atoms with Crippen molar-refractivity contribution < 1.29 is 23.2 Å². The topological polar surface area (TPSA) is 75.3 Å². The number of fused-ring (bicyclic) bond motifs is 3. The number of alkyl halides is 4. The van der Waals surface area contributed by atoms with E-state index in [1.165, 1.54) is 0 Å². The summed E-state index contributed by atoms with van der Waals surface area (Å²) >= 11 is -1.76. The molecule has 3 aliphatic rings. The average Bonchev–Trinajstić information content (AvgIpc) is 3.22. The van der Waals surface area contributed by atoms with Gasteiger partial charge < -0.3 is 0 Å². The van der Waals surface area contributed by atoms with Crippen LogP contribution in [0.15, 0.2) is 96.6 Å². The van der Waals surface area contributed by atoms with Gasteiger partial charge in [0, 0.05) is 0 Å². The van der Waals surface area contributed by atoms with Crippen LogP contribution < -0.4 is 8.85 Å². The number of nitrogens with one attached hydrogen (secondary N) is 2. The minimum atomic E-state index is -2.61. The second kappa shape index (κ2) is 15.7. The van der Waals surface area contributed by atoms with E-state index in [0.29, 0.717) is 29.0 Å². The molecule has 0 saturated carbocycles. The Bertz CT molecular complexity index is 1670. The maximum atomic E-state index is 13.8. The Labute approximate surface area is 289 Å². The van der Waals surface area contributed by atoms with Gasteiger partial charge >= 0.3 is 282 Å². The Hall–Kier alpha value is -3.66. The van der Waals surface area contributed by atoms with Gasteiger partial charge in [0.05, 0.1) is 0 Å². The van der Waals surface area contributed by atoms with E-state index >= 15 is 0 Å². The van der Waals surface area contributed by atoms with Crippen LogP contribution in [0.3, 0.4) is 0 Å². The summed E-state index contributed by atoms with van der Waals surface area (Å²) < 4.78 is 31.9. The number of carbonyl (C=O) groups is 3. The van der Waals surface area contributed by atoms with E-state index in [-0.39, 0.29) is 17.6 Å². The van der Waals surface area contributed by atoms with Crippen molar-refractivity contribution in [3.63, 3.8) is 0 Å². The molecular weight excluding hydrogens is 721 g/mol. The Kier molecular flexibility index (Phi) is 11.2. The molecule has 8 heteroatoms. The number of allylic oxidation sites excluding steroid dienone is 4. The molecule has 2 N–H and O–H groups in total. The van der Waals surface area contributed by atoms with E-state index in [1.807, 2.05) is 78.9 Å². The molecule has 0 radical (unpaired) electrons. The monoisotopic (exact) mass is 764 g/mol. The first-order valence-corrected chi connectivity index (χ1v) is 21.2. The Balaban J connectivity index is 1.06. The molecule has 0 bridgehead atoms. The van der Waals surface area contributed by atoms with Gasteiger partial charge in [-0.15, -0.1) is 0 Å². The number of carbonyl (C=O) groups excluding carboxylic acids is 3. The van der Waals surface area contributed by atoms with Gasteiger partial charge in [-0.1, -0.05) is 0 Å². The van der Waals surface area contributed by atoms with Gasteiger partial charge in [-0.25, -0.2) is 8.78 Å². The number of halogens is 3. The van der Waals surface area contributed by atoms with Crippen LogP contribution in [0.2, 0.25) is 0 Å². The van der Waals surface area contributed by atoms with Crippen LogP contribution in [0, 0.1) is 5.92 Å². The van der Waals surface area contributed by atoms with Crippen LogP contribution in [0.25, 0.3) is 11.1 Å². The van der Waals surface area contributed by atoms with Crippen LogP contribution in [0.1, 0.15) is 89.6 Å². The van der Waals surface area contributed by atoms with Gasteiger partial charge in [-0.3, -0.25) is 0 Å². The number of ketones is 1. The third-order valence-electron chi connectivity index (χ3n) is 9.90. The summed E-state index contributed by atoms with van der Waals surface area (Å²) in [5.41, 5.74) is 4.37. The number of unbranched alkanes of at least 4 members (excludes halogenated alkanes) is 1. The molecule has 1 aliphatic heterocycles. The molecule has 0 spiro atoms. The molecule has 0 aromatic heterocycles. The van der Waals surface area contributed by atoms with E-state index in [9.17, 15) is 23.2 Å². The molecule has 1 atom stereocenters. The Morgan fingerprint density at radius 1 is 0.833 bits per heavy atom. The van der Waals surface area contributed by atoms with Crippen LogP contribution in [-0.4, -0.2) is 39.4 Å². The van der Waals surface area contributed by atoms with Gasteiger partial charge in [0.15, 0.2) is 0 Å². The standard InChI is InChI=1S/C40H43F2IN2O3/c41-36(42)27-44-39(48)40(34-21-8-6-17-30(34)31-18-7-9-22-35(31)40)24-11-10-13-28-14-12-25-43(26-23-28)45-38(47)33-20-5-4-19-32(33)37(46)29-15-2-1-3-16-29/h2,4-9,15-22,28,36H,1,3,10-14,23-27H2,(H,44,48)(H,45,47). The predicted molar refractivity (Wildman–Crippen MR) is 196 cm³/mol. The first-order valence-electron chi connectivity index (χ1n) is 17.1. The van der Waals surface area contributed by atoms with Crippen molar-refractivity contribution in [2.24, 2.45) is 5.92 Å². The van der Waals surface area contributed by atoms with Gasteiger partial charge in [0.2, 0.25) is 0 Å². The van der Waals surface area contributed by atoms with Crippen molar-refractivity contribution in [1.82, 2.24) is 8.85 Å². The molecule has 252 valence electrons. The summed E-state index contributed by atoms with van der Waals surface area (Å²) in [6.45, 7) is -0.660. The fraction of sp³-hybridized carbons (Fsp3) is 0.375. The van der Waals surface area contributed by atoms with Crippen molar-refractivity contribution >= 4 is 37.7 Å². The fourth-order valence-corrected chi connectivity index (χ4v) is 12.6. The zero-order valence-corrected chi connectivity index (χ0v) is 29.3. The van der Waals surface area contributed by atoms with Gasteiger partial charge in [-0.05, 0) is 0 Å². The third-order valence-corrected chi connectivity index (χ3v) is 15.1. The molecular formula is C40H43F2IN2O3. The number of Topliss-reactive ketones (excluding diaryl/α,β-unsaturated/α-hetero) is 1. The normalized spacial score (nSPS) is 18.8. The summed E-state index contributed by atoms with van der Waals surface area (Å²) in [5, 5.41) is 2.56. The predicted octanol–water partition coefficient (Wildman–Crippen LogP) is 9.01. The van der Waals surface area contributed by atoms with Crippen LogP contribution >= 0.6 is 20.1 Å². The zero-order valence-electron chi connectivity index (χ0n) is 27.2. The first kappa shape index (κ1) is 34.2. The molecule has 3 aromatic carbocycles. The summed E-state index contributed by atoms with van der Waals surface area (Å²) in [6, 6.07) is 22.9. The second-order valence-electron chi connectivity index (χ2n) is 12.9. The Morgan fingerprint density at radius 3 is 2.21 bits per heavy atom. The molecule has 1 heterocycles. The summed E-state index contributed by atoms with van der Waals surface area (Å²) in [7, 11) is 0. The summed E-state index contributed by atoms with van der Waals surface area (Å²) in [6.07, 6.45) is 11.6. The molecule has 2 aliphatic carbocycles. The number of rotatable bonds is 12. The van der Waals surface area contributed by atoms with Crippen LogP contribution in [0.5, 0.6) is 0 Å². The van der Waals surface area contributed by atoms with Crippen LogP contribution in [-0.2, 0) is 10.2 Å². The van der Waals surface area contributed by atoms with Crippen molar-refractivity contribution in [1.29, 1.82) is 0 Å². The van der Waals surface area contributed by atoms with Crippen molar-refractivity contribution in [3.05, 3.63) is 119 Å². The molecule has 6 rings (SSSR count). The van der Waals surface area contributed by atoms with Gasteiger partial charge in [-0.2, -0.15) is 0 Å². The van der Waals surface area contributed by atoms with E-state index in [4.69, 9.17) is 0 Å². The van der Waals surface area contributed by atoms with Gasteiger partial charge in [0.25, 0.3) is 0 Å². The summed E-state index contributed by atoms with van der Waals surface area (Å²) in [5.74, 6) is -0.0279. The fourth-order valence-electron chi connectivity index (χ4n) is 7.52. The van der Waals surface area contributed by atoms with E-state index in [1.54, 1.807) is 12.1 Å². The van der Waals surface area contributed by atoms with E-state index in [2.05, 4.69) is 8.85 Å². The van der Waals surface area contributed by atoms with Crippen LogP contribution in [0.4, 0.5) is 8.78 Å². The van der Waals surface area contributed by atoms with Crippen molar-refractivity contribution in [2.75, 3.05) is 15.4 Å². The Morgan fingerprint density at radius 2 is 1.52 bits per heavy atom. The SMILES string of the molecule is O=C(NI1CCCC(CCCCC2(C(=O)NCC(F)F)c3ccccc3-c3ccccc32)CC1)c1ccccc1C(=O)C1=CCCC=C1. The molecule has 48 heavy (non-hydrogen) atoms. The number of amides is 2. The average molecular weight is 765 g/mol. The zero-order chi connectivity index (χ0) is 33.5. The van der Waals surface area contributed by atoms with E-state index < -0.39 is 38.5 Å². The number of benzene rings is 3. The molecule has 1 unspecified atom stereocenters. The van der Waals surface area contributed by atoms with E-state index in [0.717, 1.165) is 82.5 Å². The maximum absolute atomic E-state index is 13.8. The molecule has 1 saturated heterocycles. The second-order valence-corrected chi connectivity index (χ2v) is 18.2.